The van der Waals surface area contributed by atoms with Crippen LogP contribution in [0.5, 0.6) is 0 Å². The lowest BCUT2D eigenvalue weighted by Gasteiger charge is -2.18. The Bertz CT molecular complexity index is 605. The van der Waals surface area contributed by atoms with Crippen LogP contribution in [0.3, 0.4) is 0 Å². The molecule has 0 spiro atoms. The summed E-state index contributed by atoms with van der Waals surface area (Å²) in [5, 5.41) is 3.47. The van der Waals surface area contributed by atoms with Crippen molar-refractivity contribution >= 4 is 22.8 Å². The first-order valence-corrected chi connectivity index (χ1v) is 7.27. The van der Waals surface area contributed by atoms with E-state index in [4.69, 9.17) is 0 Å². The first-order valence-electron chi connectivity index (χ1n) is 6.45. The van der Waals surface area contributed by atoms with E-state index in [1.54, 1.807) is 6.07 Å². The van der Waals surface area contributed by atoms with Gasteiger partial charge in [-0.2, -0.15) is 4.99 Å². The molecule has 0 saturated carbocycles. The molecule has 0 saturated heterocycles. The van der Waals surface area contributed by atoms with Crippen molar-refractivity contribution in [3.05, 3.63) is 35.1 Å². The highest BCUT2D eigenvalue weighted by Crippen LogP contribution is 2.37. The van der Waals surface area contributed by atoms with E-state index in [-0.39, 0.29) is 11.9 Å². The van der Waals surface area contributed by atoms with Gasteiger partial charge in [0.1, 0.15) is 17.2 Å². The Morgan fingerprint density at radius 1 is 1.55 bits per heavy atom. The van der Waals surface area contributed by atoms with E-state index in [0.29, 0.717) is 10.7 Å². The summed E-state index contributed by atoms with van der Waals surface area (Å²) in [5.74, 6) is -0.722. The van der Waals surface area contributed by atoms with Crippen molar-refractivity contribution in [2.24, 2.45) is 4.99 Å². The van der Waals surface area contributed by atoms with E-state index in [1.165, 1.54) is 13.0 Å². The van der Waals surface area contributed by atoms with Crippen LogP contribution in [0.25, 0.3) is 0 Å². The highest BCUT2D eigenvalue weighted by Gasteiger charge is 2.42. The quantitative estimate of drug-likeness (QED) is 0.912. The molecule has 2 aliphatic rings. The van der Waals surface area contributed by atoms with Gasteiger partial charge >= 0.3 is 0 Å². The molecule has 0 bridgehead atoms. The minimum atomic E-state index is -1.14. The van der Waals surface area contributed by atoms with Crippen molar-refractivity contribution in [2.45, 2.75) is 30.6 Å². The molecule has 1 amide bonds. The number of aliphatic imine (C=N–C) groups is 1. The lowest BCUT2D eigenvalue weighted by atomic mass is 10.1. The largest absolute Gasteiger partial charge is 0.358 e. The van der Waals surface area contributed by atoms with Crippen molar-refractivity contribution in [2.75, 3.05) is 6.67 Å². The zero-order valence-electron chi connectivity index (χ0n) is 11.0. The number of carbonyl (C=O) groups is 1. The molecule has 1 aromatic rings. The van der Waals surface area contributed by atoms with E-state index in [0.717, 1.165) is 30.2 Å². The van der Waals surface area contributed by atoms with Gasteiger partial charge in [-0.3, -0.25) is 4.79 Å². The maximum absolute atomic E-state index is 13.9. The van der Waals surface area contributed by atoms with Gasteiger partial charge in [0.05, 0.1) is 6.04 Å². The lowest BCUT2D eigenvalue weighted by Crippen LogP contribution is -2.30. The van der Waals surface area contributed by atoms with Crippen molar-refractivity contribution in [3.8, 4) is 0 Å². The van der Waals surface area contributed by atoms with E-state index in [9.17, 15) is 13.6 Å². The number of alkyl halides is 1. The maximum atomic E-state index is 13.9. The molecule has 1 unspecified atom stereocenters. The Hall–Kier alpha value is -1.43. The number of nitrogens with zero attached hydrogens (tertiary/aromatic N) is 1. The van der Waals surface area contributed by atoms with Gasteiger partial charge in [0.2, 0.25) is 0 Å². The summed E-state index contributed by atoms with van der Waals surface area (Å²) >= 11 is 1.08. The number of hydrogen-bond donors (Lipinski definition) is 1. The molecule has 0 radical (unpaired) electrons. The number of nitrogens with one attached hydrogen (secondary N) is 1. The molecule has 1 aliphatic carbocycles. The number of thioether (sulfide) groups is 1. The number of carbonyl (C=O) groups excluding carboxylic acids is 1. The average Bonchev–Trinajstić information content (AvgIpc) is 2.94. The molecule has 106 valence electrons. The molecular weight excluding hydrogens is 282 g/mol. The van der Waals surface area contributed by atoms with Gasteiger partial charge in [0, 0.05) is 5.56 Å². The Morgan fingerprint density at radius 2 is 2.35 bits per heavy atom. The van der Waals surface area contributed by atoms with Crippen LogP contribution in [0.1, 0.15) is 30.5 Å². The van der Waals surface area contributed by atoms with E-state index in [2.05, 4.69) is 10.3 Å². The Morgan fingerprint density at radius 3 is 3.05 bits per heavy atom. The van der Waals surface area contributed by atoms with Gasteiger partial charge in [-0.25, -0.2) is 8.78 Å². The highest BCUT2D eigenvalue weighted by atomic mass is 32.2. The molecule has 1 aromatic carbocycles. The Labute approximate surface area is 119 Å². The second-order valence-corrected chi connectivity index (χ2v) is 6.73. The van der Waals surface area contributed by atoms with Crippen LogP contribution in [0.15, 0.2) is 23.2 Å². The number of fused-ring (bicyclic) bond motifs is 1. The van der Waals surface area contributed by atoms with Crippen molar-refractivity contribution < 1.29 is 13.6 Å². The van der Waals surface area contributed by atoms with Crippen molar-refractivity contribution in [1.82, 2.24) is 5.32 Å². The third-order valence-corrected chi connectivity index (χ3v) is 4.86. The maximum Gasteiger partial charge on any atom is 0.267 e. The number of rotatable bonds is 2. The van der Waals surface area contributed by atoms with Gasteiger partial charge in [0.25, 0.3) is 5.91 Å². The molecule has 6 heteroatoms. The average molecular weight is 296 g/mol. The molecule has 20 heavy (non-hydrogen) atoms. The van der Waals surface area contributed by atoms with Gasteiger partial charge in [0.15, 0.2) is 5.17 Å². The third-order valence-electron chi connectivity index (χ3n) is 3.72. The predicted molar refractivity (Wildman–Crippen MR) is 75.0 cm³/mol. The normalized spacial score (nSPS) is 28.4. The smallest absolute Gasteiger partial charge is 0.267 e. The summed E-state index contributed by atoms with van der Waals surface area (Å²) in [4.78, 5) is 15.5. The molecule has 0 aromatic heterocycles. The molecule has 2 atom stereocenters. The van der Waals surface area contributed by atoms with E-state index < -0.39 is 17.3 Å². The summed E-state index contributed by atoms with van der Waals surface area (Å²) in [7, 11) is 0. The lowest BCUT2D eigenvalue weighted by molar-refractivity contribution is -0.119. The SMILES string of the molecule is CC1(CF)SC(N[C@H]2CCc3cccc(F)c32)=NC1=O. The fourth-order valence-corrected chi connectivity index (χ4v) is 3.51. The molecule has 1 aliphatic heterocycles. The van der Waals surface area contributed by atoms with Gasteiger partial charge < -0.3 is 5.32 Å². The predicted octanol–water partition coefficient (Wildman–Crippen LogP) is 2.76. The molecule has 3 rings (SSSR count). The van der Waals surface area contributed by atoms with Crippen LogP contribution in [0, 0.1) is 5.82 Å². The minimum Gasteiger partial charge on any atom is -0.358 e. The number of aryl methyl sites for hydroxylation is 1. The third kappa shape index (κ3) is 2.12. The van der Waals surface area contributed by atoms with E-state index in [1.807, 2.05) is 6.07 Å². The molecule has 1 heterocycles. The van der Waals surface area contributed by atoms with Crippen LogP contribution >= 0.6 is 11.8 Å². The van der Waals surface area contributed by atoms with Gasteiger partial charge in [-0.1, -0.05) is 23.9 Å². The Balaban J connectivity index is 1.80. The number of hydrogen-bond acceptors (Lipinski definition) is 3. The first kappa shape index (κ1) is 13.5. The van der Waals surface area contributed by atoms with Crippen LogP contribution in [0.4, 0.5) is 8.78 Å². The van der Waals surface area contributed by atoms with Crippen LogP contribution in [-0.2, 0) is 11.2 Å². The minimum absolute atomic E-state index is 0.202. The summed E-state index contributed by atoms with van der Waals surface area (Å²) in [6, 6.07) is 4.83. The number of halogens is 2. The van der Waals surface area contributed by atoms with Crippen LogP contribution in [-0.4, -0.2) is 22.5 Å². The zero-order valence-corrected chi connectivity index (χ0v) is 11.8. The summed E-state index contributed by atoms with van der Waals surface area (Å²) in [6.45, 7) is 0.766. The van der Waals surface area contributed by atoms with Crippen LogP contribution < -0.4 is 5.32 Å². The zero-order chi connectivity index (χ0) is 14.3. The first-order chi connectivity index (χ1) is 9.53. The molecular formula is C14H14F2N2OS. The standard InChI is InChI=1S/C14H14F2N2OS/c1-14(7-15)12(19)18-13(20-14)17-10-6-5-8-3-2-4-9(16)11(8)10/h2-4,10H,5-7H2,1H3,(H,17,18,19)/t10-,14?/m0/s1. The molecule has 1 N–H and O–H groups in total. The second-order valence-electron chi connectivity index (χ2n) is 5.24. The number of amides is 1. The fourth-order valence-electron chi connectivity index (χ4n) is 2.56. The summed E-state index contributed by atoms with van der Waals surface area (Å²) < 4.78 is 25.7. The topological polar surface area (TPSA) is 41.5 Å². The number of amidine groups is 1. The summed E-state index contributed by atoms with van der Waals surface area (Å²) in [6.07, 6.45) is 1.54. The molecule has 3 nitrogen and oxygen atoms in total. The van der Waals surface area contributed by atoms with E-state index >= 15 is 0 Å². The number of benzene rings is 1. The van der Waals surface area contributed by atoms with Crippen LogP contribution in [0.2, 0.25) is 0 Å². The fraction of sp³-hybridized carbons (Fsp3) is 0.429. The van der Waals surface area contributed by atoms with Gasteiger partial charge in [-0.15, -0.1) is 0 Å². The highest BCUT2D eigenvalue weighted by molar-refractivity contribution is 8.16. The summed E-state index contributed by atoms with van der Waals surface area (Å²) in [5.41, 5.74) is 1.61. The van der Waals surface area contributed by atoms with Crippen molar-refractivity contribution in [3.63, 3.8) is 0 Å². The monoisotopic (exact) mass is 296 g/mol. The Kier molecular flexibility index (Phi) is 3.28. The van der Waals surface area contributed by atoms with Gasteiger partial charge in [-0.05, 0) is 31.4 Å². The van der Waals surface area contributed by atoms with Crippen molar-refractivity contribution in [1.29, 1.82) is 0 Å². The molecule has 0 fully saturated rings. The second kappa shape index (κ2) is 4.84.